The number of carbonyl (C=O) groups is 2. The Labute approximate surface area is 128 Å². The highest BCUT2D eigenvalue weighted by molar-refractivity contribution is 6.35. The Hall–Kier alpha value is -2.70. The number of methoxy groups -OCH3 is 1. The van der Waals surface area contributed by atoms with Crippen molar-refractivity contribution in [3.63, 3.8) is 0 Å². The lowest BCUT2D eigenvalue weighted by molar-refractivity contribution is -0.132. The quantitative estimate of drug-likeness (QED) is 0.501. The number of hydrogen-bond donors (Lipinski definition) is 2. The van der Waals surface area contributed by atoms with Gasteiger partial charge in [0.05, 0.1) is 18.5 Å². The second-order valence-electron chi connectivity index (χ2n) is 5.02. The number of esters is 1. The molecule has 0 spiro atoms. The first kappa shape index (κ1) is 15.7. The van der Waals surface area contributed by atoms with E-state index in [1.54, 1.807) is 6.92 Å². The third-order valence-corrected chi connectivity index (χ3v) is 3.27. The Kier molecular flexibility index (Phi) is 4.88. The molecule has 1 atom stereocenters. The lowest BCUT2D eigenvalue weighted by Crippen LogP contribution is -2.31. The minimum absolute atomic E-state index is 0.0674. The molecule has 7 nitrogen and oxygen atoms in total. The molecule has 1 aromatic carbocycles. The summed E-state index contributed by atoms with van der Waals surface area (Å²) in [6.07, 6.45) is 0.432. The number of ether oxygens (including phenoxy) is 1. The predicted molar refractivity (Wildman–Crippen MR) is 83.7 cm³/mol. The third kappa shape index (κ3) is 3.69. The molecule has 1 aliphatic heterocycles. The summed E-state index contributed by atoms with van der Waals surface area (Å²) < 4.78 is 4.56. The van der Waals surface area contributed by atoms with Gasteiger partial charge in [-0.15, -0.1) is 0 Å². The molecule has 1 aromatic rings. The van der Waals surface area contributed by atoms with Crippen LogP contribution in [0, 0.1) is 5.92 Å². The first-order valence-corrected chi connectivity index (χ1v) is 6.86. The number of rotatable bonds is 4. The zero-order valence-electron chi connectivity index (χ0n) is 12.7. The van der Waals surface area contributed by atoms with Crippen LogP contribution in [-0.4, -0.2) is 30.4 Å². The van der Waals surface area contributed by atoms with Gasteiger partial charge in [-0.3, -0.25) is 10.2 Å². The highest BCUT2D eigenvalue weighted by Crippen LogP contribution is 2.18. The maximum Gasteiger partial charge on any atom is 0.353 e. The van der Waals surface area contributed by atoms with Crippen molar-refractivity contribution in [3.8, 4) is 0 Å². The van der Waals surface area contributed by atoms with Crippen LogP contribution < -0.4 is 10.9 Å². The minimum Gasteiger partial charge on any atom is -0.464 e. The Morgan fingerprint density at radius 1 is 1.41 bits per heavy atom. The van der Waals surface area contributed by atoms with Crippen molar-refractivity contribution in [1.82, 2.24) is 5.43 Å². The molecule has 1 heterocycles. The van der Waals surface area contributed by atoms with Crippen molar-refractivity contribution in [3.05, 3.63) is 29.8 Å². The van der Waals surface area contributed by atoms with Crippen molar-refractivity contribution in [2.24, 2.45) is 16.1 Å². The van der Waals surface area contributed by atoms with Gasteiger partial charge in [0.25, 0.3) is 0 Å². The summed E-state index contributed by atoms with van der Waals surface area (Å²) in [5.74, 6) is -0.473. The van der Waals surface area contributed by atoms with E-state index in [4.69, 9.17) is 0 Å². The summed E-state index contributed by atoms with van der Waals surface area (Å²) in [7, 11) is 1.31. The van der Waals surface area contributed by atoms with Gasteiger partial charge in [-0.1, -0.05) is 19.1 Å². The topological polar surface area (TPSA) is 92.2 Å². The summed E-state index contributed by atoms with van der Waals surface area (Å²) in [6.45, 7) is 3.53. The van der Waals surface area contributed by atoms with Gasteiger partial charge in [0.1, 0.15) is 5.71 Å². The summed E-state index contributed by atoms with van der Waals surface area (Å²) in [5, 5.41) is 8.04. The van der Waals surface area contributed by atoms with E-state index in [1.807, 2.05) is 31.2 Å². The molecule has 1 aliphatic rings. The van der Waals surface area contributed by atoms with E-state index >= 15 is 0 Å². The van der Waals surface area contributed by atoms with Gasteiger partial charge in [-0.25, -0.2) is 10.2 Å². The highest BCUT2D eigenvalue weighted by atomic mass is 16.5. The smallest absolute Gasteiger partial charge is 0.353 e. The van der Waals surface area contributed by atoms with Crippen LogP contribution in [0.15, 0.2) is 34.5 Å². The average molecular weight is 302 g/mol. The van der Waals surface area contributed by atoms with E-state index in [9.17, 15) is 9.59 Å². The normalized spacial score (nSPS) is 18.3. The fourth-order valence-corrected chi connectivity index (χ4v) is 2.06. The van der Waals surface area contributed by atoms with Crippen LogP contribution in [0.2, 0.25) is 0 Å². The number of carbonyl (C=O) groups excluding carboxylic acids is 2. The van der Waals surface area contributed by atoms with E-state index in [0.29, 0.717) is 6.42 Å². The average Bonchev–Trinajstić information content (AvgIpc) is 2.52. The summed E-state index contributed by atoms with van der Waals surface area (Å²) in [6, 6.07) is 7.43. The van der Waals surface area contributed by atoms with Gasteiger partial charge in [-0.05, 0) is 24.6 Å². The predicted octanol–water partition coefficient (Wildman–Crippen LogP) is 1.51. The minimum atomic E-state index is -0.481. The van der Waals surface area contributed by atoms with E-state index in [2.05, 4.69) is 25.8 Å². The molecule has 2 rings (SSSR count). The van der Waals surface area contributed by atoms with E-state index < -0.39 is 5.97 Å². The van der Waals surface area contributed by atoms with Crippen LogP contribution in [0.4, 0.5) is 5.69 Å². The van der Waals surface area contributed by atoms with Gasteiger partial charge in [0, 0.05) is 12.3 Å². The van der Waals surface area contributed by atoms with Crippen LogP contribution in [0.3, 0.4) is 0 Å². The fraction of sp³-hybridized carbons (Fsp3) is 0.333. The van der Waals surface area contributed by atoms with Crippen molar-refractivity contribution < 1.29 is 14.3 Å². The summed E-state index contributed by atoms with van der Waals surface area (Å²) in [5.41, 5.74) is 8.04. The zero-order valence-corrected chi connectivity index (χ0v) is 12.7. The second-order valence-corrected chi connectivity index (χ2v) is 5.02. The Bertz CT molecular complexity index is 635. The summed E-state index contributed by atoms with van der Waals surface area (Å²) >= 11 is 0. The molecule has 0 saturated carbocycles. The second kappa shape index (κ2) is 6.84. The van der Waals surface area contributed by atoms with Crippen LogP contribution >= 0.6 is 0 Å². The number of nitrogens with zero attached hydrogens (tertiary/aromatic N) is 2. The molecule has 0 aromatic heterocycles. The van der Waals surface area contributed by atoms with Crippen LogP contribution in [0.25, 0.3) is 0 Å². The Balaban J connectivity index is 2.08. The van der Waals surface area contributed by atoms with Crippen LogP contribution in [0.5, 0.6) is 0 Å². The van der Waals surface area contributed by atoms with Crippen molar-refractivity contribution in [2.45, 2.75) is 20.3 Å². The highest BCUT2D eigenvalue weighted by Gasteiger charge is 2.21. The SMILES string of the molecule is COC(=O)/C(C)=N/Nc1ccc(C2=NNC(=O)CC2C)cc1. The van der Waals surface area contributed by atoms with E-state index in [0.717, 1.165) is 17.0 Å². The van der Waals surface area contributed by atoms with Gasteiger partial charge in [0.15, 0.2) is 0 Å². The molecular weight excluding hydrogens is 284 g/mol. The van der Waals surface area contributed by atoms with Gasteiger partial charge >= 0.3 is 5.97 Å². The Morgan fingerprint density at radius 2 is 2.09 bits per heavy atom. The van der Waals surface area contributed by atoms with Gasteiger partial charge < -0.3 is 4.74 Å². The molecule has 0 fully saturated rings. The molecule has 0 saturated heterocycles. The number of amides is 1. The van der Waals surface area contributed by atoms with Gasteiger partial charge in [0.2, 0.25) is 5.91 Å². The number of benzene rings is 1. The maximum absolute atomic E-state index is 11.3. The molecule has 7 heteroatoms. The molecule has 0 radical (unpaired) electrons. The maximum atomic E-state index is 11.3. The van der Waals surface area contributed by atoms with Crippen molar-refractivity contribution in [2.75, 3.05) is 12.5 Å². The molecular formula is C15H18N4O3. The van der Waals surface area contributed by atoms with E-state index in [1.165, 1.54) is 7.11 Å². The van der Waals surface area contributed by atoms with Gasteiger partial charge in [-0.2, -0.15) is 10.2 Å². The monoisotopic (exact) mass is 302 g/mol. The fourth-order valence-electron chi connectivity index (χ4n) is 2.06. The van der Waals surface area contributed by atoms with Crippen LogP contribution in [0.1, 0.15) is 25.8 Å². The first-order chi connectivity index (χ1) is 10.5. The lowest BCUT2D eigenvalue weighted by Gasteiger charge is -2.19. The summed E-state index contributed by atoms with van der Waals surface area (Å²) in [4.78, 5) is 22.5. The molecule has 1 unspecified atom stereocenters. The number of nitrogens with one attached hydrogen (secondary N) is 2. The largest absolute Gasteiger partial charge is 0.464 e. The number of hydrogen-bond acceptors (Lipinski definition) is 6. The number of hydrazone groups is 2. The molecule has 1 amide bonds. The Morgan fingerprint density at radius 3 is 2.68 bits per heavy atom. The standard InChI is InChI=1S/C15H18N4O3/c1-9-8-13(20)18-19-14(9)11-4-6-12(7-5-11)17-16-10(2)15(21)22-3/h4-7,9,17H,8H2,1-3H3,(H,18,20)/b16-10+. The lowest BCUT2D eigenvalue weighted by atomic mass is 9.94. The van der Waals surface area contributed by atoms with Crippen LogP contribution in [-0.2, 0) is 14.3 Å². The van der Waals surface area contributed by atoms with E-state index in [-0.39, 0.29) is 17.5 Å². The molecule has 0 aliphatic carbocycles. The first-order valence-electron chi connectivity index (χ1n) is 6.86. The zero-order chi connectivity index (χ0) is 16.1. The molecule has 116 valence electrons. The molecule has 0 bridgehead atoms. The molecule has 2 N–H and O–H groups in total. The van der Waals surface area contributed by atoms with Crippen molar-refractivity contribution >= 4 is 29.0 Å². The van der Waals surface area contributed by atoms with Crippen molar-refractivity contribution in [1.29, 1.82) is 0 Å². The third-order valence-electron chi connectivity index (χ3n) is 3.27. The number of anilines is 1. The molecule has 22 heavy (non-hydrogen) atoms.